The number of halogens is 2. The molecule has 0 N–H and O–H groups in total. The largest absolute Gasteiger partial charge is 0.444 e. The second-order valence-corrected chi connectivity index (χ2v) is 9.83. The topological polar surface area (TPSA) is 68.8 Å². The highest BCUT2D eigenvalue weighted by Crippen LogP contribution is 2.30. The van der Waals surface area contributed by atoms with Gasteiger partial charge in [0.25, 0.3) is 5.56 Å². The van der Waals surface area contributed by atoms with Crippen LogP contribution in [0.2, 0.25) is 0 Å². The van der Waals surface area contributed by atoms with E-state index >= 15 is 0 Å². The molecule has 3 heterocycles. The SMILES string of the molecule is CC(C)(C)OC(=O)N1CCC(n2c(=O)c(-c3ccccc3F)cn3nc4ccc(F)cc4c23)CC1. The number of hydrogen-bond acceptors (Lipinski definition) is 4. The second-order valence-electron chi connectivity index (χ2n) is 9.83. The molecule has 1 aliphatic rings. The van der Waals surface area contributed by atoms with Crippen molar-refractivity contribution in [2.75, 3.05) is 13.1 Å². The van der Waals surface area contributed by atoms with Gasteiger partial charge in [-0.25, -0.2) is 18.1 Å². The standard InChI is InChI=1S/C26H26F2N4O3/c1-26(2,3)35-25(34)30-12-10-17(11-13-30)32-23-19-14-16(27)8-9-22(19)29-31(23)15-20(24(32)33)18-6-4-5-7-21(18)28/h4-9,14-15,17H,10-13H2,1-3H3. The molecule has 2 aromatic heterocycles. The molecule has 0 bridgehead atoms. The number of benzene rings is 2. The van der Waals surface area contributed by atoms with Gasteiger partial charge in [0.2, 0.25) is 0 Å². The number of carbonyl (C=O) groups excluding carboxylic acids is 1. The lowest BCUT2D eigenvalue weighted by Gasteiger charge is -2.34. The van der Waals surface area contributed by atoms with Crippen molar-refractivity contribution in [1.29, 1.82) is 0 Å². The second kappa shape index (κ2) is 8.48. The molecule has 182 valence electrons. The summed E-state index contributed by atoms with van der Waals surface area (Å²) < 4.78 is 37.4. The van der Waals surface area contributed by atoms with Crippen LogP contribution in [0.4, 0.5) is 13.6 Å². The summed E-state index contributed by atoms with van der Waals surface area (Å²) in [5.41, 5.74) is 0.316. The maximum Gasteiger partial charge on any atom is 0.410 e. The highest BCUT2D eigenvalue weighted by molar-refractivity contribution is 5.92. The van der Waals surface area contributed by atoms with E-state index in [1.807, 2.05) is 20.8 Å². The molecular formula is C26H26F2N4O3. The average molecular weight is 481 g/mol. The molecule has 0 atom stereocenters. The molecule has 4 aromatic rings. The Morgan fingerprint density at radius 2 is 1.77 bits per heavy atom. The van der Waals surface area contributed by atoms with E-state index in [0.29, 0.717) is 42.5 Å². The van der Waals surface area contributed by atoms with Gasteiger partial charge < -0.3 is 9.64 Å². The summed E-state index contributed by atoms with van der Waals surface area (Å²) in [7, 11) is 0. The maximum atomic E-state index is 14.7. The van der Waals surface area contributed by atoms with Crippen molar-refractivity contribution in [2.45, 2.75) is 45.3 Å². The van der Waals surface area contributed by atoms with Crippen molar-refractivity contribution in [3.05, 3.63) is 70.6 Å². The molecule has 1 fully saturated rings. The molecule has 0 saturated carbocycles. The van der Waals surface area contributed by atoms with E-state index in [4.69, 9.17) is 4.74 Å². The van der Waals surface area contributed by atoms with E-state index in [1.165, 1.54) is 28.9 Å². The fourth-order valence-corrected chi connectivity index (χ4v) is 4.63. The zero-order valence-electron chi connectivity index (χ0n) is 19.8. The first-order chi connectivity index (χ1) is 16.6. The molecule has 0 unspecified atom stereocenters. The number of nitrogens with zero attached hydrogens (tertiary/aromatic N) is 4. The van der Waals surface area contributed by atoms with E-state index in [0.717, 1.165) is 0 Å². The van der Waals surface area contributed by atoms with E-state index in [9.17, 15) is 18.4 Å². The molecule has 35 heavy (non-hydrogen) atoms. The van der Waals surface area contributed by atoms with Gasteiger partial charge in [-0.2, -0.15) is 5.10 Å². The number of carbonyl (C=O) groups is 1. The number of fused-ring (bicyclic) bond motifs is 3. The molecule has 0 aliphatic carbocycles. The Labute approximate surface area is 200 Å². The Bertz CT molecular complexity index is 1490. The predicted molar refractivity (Wildman–Crippen MR) is 128 cm³/mol. The van der Waals surface area contributed by atoms with Gasteiger partial charge in [0.1, 0.15) is 22.9 Å². The van der Waals surface area contributed by atoms with Crippen LogP contribution in [0, 0.1) is 11.6 Å². The summed E-state index contributed by atoms with van der Waals surface area (Å²) in [4.78, 5) is 28.0. The molecule has 1 saturated heterocycles. The van der Waals surface area contributed by atoms with Gasteiger partial charge in [0, 0.05) is 36.3 Å². The Kier molecular flexibility index (Phi) is 5.57. The lowest BCUT2D eigenvalue weighted by atomic mass is 10.0. The highest BCUT2D eigenvalue weighted by atomic mass is 19.1. The average Bonchev–Trinajstić information content (AvgIpc) is 3.15. The molecule has 5 rings (SSSR count). The van der Waals surface area contributed by atoms with Gasteiger partial charge in [-0.05, 0) is 57.9 Å². The van der Waals surface area contributed by atoms with Gasteiger partial charge in [-0.1, -0.05) is 18.2 Å². The van der Waals surface area contributed by atoms with Crippen LogP contribution in [0.15, 0.2) is 53.5 Å². The third-order valence-electron chi connectivity index (χ3n) is 6.21. The molecule has 0 spiro atoms. The van der Waals surface area contributed by atoms with Gasteiger partial charge in [0.05, 0.1) is 11.1 Å². The molecule has 1 amide bonds. The van der Waals surface area contributed by atoms with Crippen molar-refractivity contribution in [2.24, 2.45) is 0 Å². The number of likely N-dealkylation sites (tertiary alicyclic amines) is 1. The van der Waals surface area contributed by atoms with E-state index in [-0.39, 0.29) is 22.7 Å². The summed E-state index contributed by atoms with van der Waals surface area (Å²) in [6.45, 7) is 6.22. The third-order valence-corrected chi connectivity index (χ3v) is 6.21. The van der Waals surface area contributed by atoms with Gasteiger partial charge in [0.15, 0.2) is 0 Å². The first kappa shape index (κ1) is 23.0. The Hall–Kier alpha value is -3.75. The normalized spacial score (nSPS) is 15.2. The van der Waals surface area contributed by atoms with Crippen LogP contribution in [0.5, 0.6) is 0 Å². The number of amides is 1. The Balaban J connectivity index is 1.62. The van der Waals surface area contributed by atoms with Crippen LogP contribution < -0.4 is 5.56 Å². The number of piperidine rings is 1. The summed E-state index contributed by atoms with van der Waals surface area (Å²) in [6.07, 6.45) is 2.07. The van der Waals surface area contributed by atoms with Gasteiger partial charge in [-0.3, -0.25) is 9.36 Å². The van der Waals surface area contributed by atoms with Crippen LogP contribution in [0.1, 0.15) is 39.7 Å². The minimum Gasteiger partial charge on any atom is -0.444 e. The van der Waals surface area contributed by atoms with E-state index in [1.54, 1.807) is 33.7 Å². The number of ether oxygens (including phenoxy) is 1. The van der Waals surface area contributed by atoms with Crippen LogP contribution >= 0.6 is 0 Å². The van der Waals surface area contributed by atoms with Gasteiger partial charge >= 0.3 is 6.09 Å². The zero-order chi connectivity index (χ0) is 24.9. The summed E-state index contributed by atoms with van der Waals surface area (Å²) in [5, 5.41) is 5.03. The monoisotopic (exact) mass is 480 g/mol. The minimum absolute atomic E-state index is 0.165. The number of aromatic nitrogens is 3. The molecular weight excluding hydrogens is 454 g/mol. The molecule has 9 heteroatoms. The fraction of sp³-hybridized carbons (Fsp3) is 0.346. The molecule has 0 radical (unpaired) electrons. The van der Waals surface area contributed by atoms with Gasteiger partial charge in [-0.15, -0.1) is 0 Å². The van der Waals surface area contributed by atoms with Crippen molar-refractivity contribution >= 4 is 22.6 Å². The molecule has 1 aliphatic heterocycles. The zero-order valence-corrected chi connectivity index (χ0v) is 19.8. The lowest BCUT2D eigenvalue weighted by molar-refractivity contribution is 0.0188. The number of hydrogen-bond donors (Lipinski definition) is 0. The number of rotatable bonds is 2. The van der Waals surface area contributed by atoms with Crippen molar-refractivity contribution in [1.82, 2.24) is 19.1 Å². The van der Waals surface area contributed by atoms with Crippen molar-refractivity contribution < 1.29 is 18.3 Å². The lowest BCUT2D eigenvalue weighted by Crippen LogP contribution is -2.43. The van der Waals surface area contributed by atoms with E-state index in [2.05, 4.69) is 5.10 Å². The maximum absolute atomic E-state index is 14.7. The van der Waals surface area contributed by atoms with Crippen molar-refractivity contribution in [3.8, 4) is 11.1 Å². The minimum atomic E-state index is -0.605. The first-order valence-corrected chi connectivity index (χ1v) is 11.6. The van der Waals surface area contributed by atoms with Crippen LogP contribution in [-0.4, -0.2) is 43.9 Å². The Morgan fingerprint density at radius 3 is 2.46 bits per heavy atom. The summed E-state index contributed by atoms with van der Waals surface area (Å²) >= 11 is 0. The van der Waals surface area contributed by atoms with Crippen molar-refractivity contribution in [3.63, 3.8) is 0 Å². The molecule has 2 aromatic carbocycles. The molecule has 7 nitrogen and oxygen atoms in total. The third kappa shape index (κ3) is 4.26. The Morgan fingerprint density at radius 1 is 1.06 bits per heavy atom. The predicted octanol–water partition coefficient (Wildman–Crippen LogP) is 5.17. The fourth-order valence-electron chi connectivity index (χ4n) is 4.63. The summed E-state index contributed by atoms with van der Waals surface area (Å²) in [5.74, 6) is -0.956. The van der Waals surface area contributed by atoms with E-state index < -0.39 is 23.3 Å². The first-order valence-electron chi connectivity index (χ1n) is 11.6. The van der Waals surface area contributed by atoms with Crippen LogP contribution in [0.25, 0.3) is 27.7 Å². The highest BCUT2D eigenvalue weighted by Gasteiger charge is 2.30. The summed E-state index contributed by atoms with van der Waals surface area (Å²) in [6, 6.07) is 10.0. The van der Waals surface area contributed by atoms with Crippen LogP contribution in [0.3, 0.4) is 0 Å². The van der Waals surface area contributed by atoms with Crippen LogP contribution in [-0.2, 0) is 4.74 Å². The quantitative estimate of drug-likeness (QED) is 0.397. The smallest absolute Gasteiger partial charge is 0.410 e.